The van der Waals surface area contributed by atoms with E-state index in [2.05, 4.69) is 30.7 Å². The fourth-order valence-corrected chi connectivity index (χ4v) is 3.04. The van der Waals surface area contributed by atoms with Gasteiger partial charge in [-0.05, 0) is 31.2 Å². The van der Waals surface area contributed by atoms with Gasteiger partial charge in [0, 0.05) is 31.9 Å². The van der Waals surface area contributed by atoms with Crippen LogP contribution in [0.3, 0.4) is 0 Å². The number of halogens is 1. The maximum atomic E-state index is 13.9. The molecule has 1 saturated heterocycles. The normalized spacial score (nSPS) is 14.8. The second-order valence-electron chi connectivity index (χ2n) is 6.34. The molecular weight excluding hydrogens is 347 g/mol. The van der Waals surface area contributed by atoms with Crippen LogP contribution in [0.25, 0.3) is 11.3 Å². The second kappa shape index (κ2) is 8.13. The molecule has 7 nitrogen and oxygen atoms in total. The Morgan fingerprint density at radius 1 is 1.19 bits per heavy atom. The van der Waals surface area contributed by atoms with Crippen molar-refractivity contribution in [2.45, 2.75) is 13.0 Å². The van der Waals surface area contributed by atoms with Gasteiger partial charge >= 0.3 is 0 Å². The Balaban J connectivity index is 1.42. The minimum Gasteiger partial charge on any atom is -0.356 e. The van der Waals surface area contributed by atoms with E-state index in [4.69, 9.17) is 4.52 Å². The van der Waals surface area contributed by atoms with Gasteiger partial charge in [-0.1, -0.05) is 17.3 Å². The van der Waals surface area contributed by atoms with Gasteiger partial charge in [-0.25, -0.2) is 9.37 Å². The Bertz CT molecular complexity index is 891. The maximum Gasteiger partial charge on any atom is 0.224 e. The second-order valence-corrected chi connectivity index (χ2v) is 6.34. The van der Waals surface area contributed by atoms with E-state index < -0.39 is 0 Å². The smallest absolute Gasteiger partial charge is 0.224 e. The zero-order valence-electron chi connectivity index (χ0n) is 14.9. The summed E-state index contributed by atoms with van der Waals surface area (Å²) in [5.41, 5.74) is 1.05. The third-order valence-corrected chi connectivity index (χ3v) is 4.43. The molecule has 140 valence electrons. The van der Waals surface area contributed by atoms with Crippen molar-refractivity contribution in [1.29, 1.82) is 0 Å². The maximum absolute atomic E-state index is 13.9. The molecule has 4 rings (SSSR count). The Hall–Kier alpha value is -3.00. The summed E-state index contributed by atoms with van der Waals surface area (Å²) in [5, 5.41) is 10.5. The van der Waals surface area contributed by atoms with Crippen LogP contribution in [0, 0.1) is 5.82 Å². The fourth-order valence-electron chi connectivity index (χ4n) is 3.04. The SMILES string of the molecule is Fc1ccccc1-c1cc(CNc2nccc(N3CCCNCC3)n2)no1. The van der Waals surface area contributed by atoms with Crippen molar-refractivity contribution in [3.63, 3.8) is 0 Å². The van der Waals surface area contributed by atoms with Crippen LogP contribution in [0.2, 0.25) is 0 Å². The molecule has 3 aromatic rings. The van der Waals surface area contributed by atoms with Crippen LogP contribution in [-0.2, 0) is 6.54 Å². The van der Waals surface area contributed by atoms with E-state index in [0.29, 0.717) is 29.5 Å². The van der Waals surface area contributed by atoms with Gasteiger partial charge in [-0.3, -0.25) is 0 Å². The molecule has 0 saturated carbocycles. The van der Waals surface area contributed by atoms with Crippen molar-refractivity contribution in [3.05, 3.63) is 54.1 Å². The molecule has 0 unspecified atom stereocenters. The number of aromatic nitrogens is 3. The average Bonchev–Trinajstić information content (AvgIpc) is 2.99. The van der Waals surface area contributed by atoms with Crippen LogP contribution in [0.5, 0.6) is 0 Å². The number of nitrogens with one attached hydrogen (secondary N) is 2. The monoisotopic (exact) mass is 368 g/mol. The quantitative estimate of drug-likeness (QED) is 0.717. The first-order chi connectivity index (χ1) is 13.3. The number of benzene rings is 1. The first kappa shape index (κ1) is 17.4. The zero-order chi connectivity index (χ0) is 18.5. The molecule has 8 heteroatoms. The summed E-state index contributed by atoms with van der Waals surface area (Å²) in [6.07, 6.45) is 2.83. The highest BCUT2D eigenvalue weighted by atomic mass is 19.1. The van der Waals surface area contributed by atoms with Crippen molar-refractivity contribution in [2.75, 3.05) is 36.4 Å². The number of hydrogen-bond donors (Lipinski definition) is 2. The van der Waals surface area contributed by atoms with Gasteiger partial charge in [0.2, 0.25) is 5.95 Å². The van der Waals surface area contributed by atoms with Gasteiger partial charge in [0.1, 0.15) is 17.3 Å². The van der Waals surface area contributed by atoms with Crippen molar-refractivity contribution in [1.82, 2.24) is 20.4 Å². The van der Waals surface area contributed by atoms with Gasteiger partial charge in [-0.15, -0.1) is 0 Å². The molecule has 1 fully saturated rings. The van der Waals surface area contributed by atoms with Crippen molar-refractivity contribution < 1.29 is 8.91 Å². The van der Waals surface area contributed by atoms with Crippen LogP contribution >= 0.6 is 0 Å². The summed E-state index contributed by atoms with van der Waals surface area (Å²) in [6.45, 7) is 4.27. The van der Waals surface area contributed by atoms with Gasteiger partial charge in [0.25, 0.3) is 0 Å². The minimum absolute atomic E-state index is 0.337. The molecular formula is C19H21FN6O. The third kappa shape index (κ3) is 4.22. The van der Waals surface area contributed by atoms with Gasteiger partial charge in [0.05, 0.1) is 12.1 Å². The van der Waals surface area contributed by atoms with Crippen LogP contribution in [0.15, 0.2) is 47.1 Å². The molecule has 0 radical (unpaired) electrons. The van der Waals surface area contributed by atoms with Crippen LogP contribution in [0.1, 0.15) is 12.1 Å². The van der Waals surface area contributed by atoms with E-state index in [9.17, 15) is 4.39 Å². The number of anilines is 2. The van der Waals surface area contributed by atoms with E-state index in [0.717, 1.165) is 38.4 Å². The largest absolute Gasteiger partial charge is 0.356 e. The van der Waals surface area contributed by atoms with Crippen molar-refractivity contribution in [3.8, 4) is 11.3 Å². The first-order valence-electron chi connectivity index (χ1n) is 9.03. The van der Waals surface area contributed by atoms with Crippen LogP contribution < -0.4 is 15.5 Å². The summed E-state index contributed by atoms with van der Waals surface area (Å²) in [6, 6.07) is 10.1. The summed E-state index contributed by atoms with van der Waals surface area (Å²) in [4.78, 5) is 11.1. The Morgan fingerprint density at radius 2 is 2.11 bits per heavy atom. The topological polar surface area (TPSA) is 79.1 Å². The highest BCUT2D eigenvalue weighted by Crippen LogP contribution is 2.23. The number of nitrogens with zero attached hydrogens (tertiary/aromatic N) is 4. The summed E-state index contributed by atoms with van der Waals surface area (Å²) in [7, 11) is 0. The highest BCUT2D eigenvalue weighted by Gasteiger charge is 2.13. The molecule has 1 aliphatic rings. The van der Waals surface area contributed by atoms with Gasteiger partial charge in [-0.2, -0.15) is 4.98 Å². The standard InChI is InChI=1S/C19H21FN6O/c20-16-5-2-1-4-15(16)17-12-14(25-27-17)13-23-19-22-8-6-18(24-19)26-10-3-7-21-9-11-26/h1-2,4-6,8,12,21H,3,7,9-11,13H2,(H,22,23,24). The van der Waals surface area contributed by atoms with Crippen LogP contribution in [-0.4, -0.2) is 41.3 Å². The Morgan fingerprint density at radius 3 is 3.04 bits per heavy atom. The first-order valence-corrected chi connectivity index (χ1v) is 9.03. The molecule has 0 spiro atoms. The van der Waals surface area contributed by atoms with Crippen molar-refractivity contribution >= 4 is 11.8 Å². The average molecular weight is 368 g/mol. The highest BCUT2D eigenvalue weighted by molar-refractivity contribution is 5.58. The predicted octanol–water partition coefficient (Wildman–Crippen LogP) is 2.68. The zero-order valence-corrected chi connectivity index (χ0v) is 14.9. The van der Waals surface area contributed by atoms with Crippen LogP contribution in [0.4, 0.5) is 16.2 Å². The molecule has 3 heterocycles. The van der Waals surface area contributed by atoms with E-state index in [1.165, 1.54) is 6.07 Å². The van der Waals surface area contributed by atoms with Gasteiger partial charge in [0.15, 0.2) is 5.76 Å². The summed E-state index contributed by atoms with van der Waals surface area (Å²) < 4.78 is 19.1. The molecule has 1 aromatic carbocycles. The van der Waals surface area contributed by atoms with Crippen molar-refractivity contribution in [2.24, 2.45) is 0 Å². The third-order valence-electron chi connectivity index (χ3n) is 4.43. The lowest BCUT2D eigenvalue weighted by Crippen LogP contribution is -2.28. The van der Waals surface area contributed by atoms with E-state index in [1.54, 1.807) is 30.5 Å². The van der Waals surface area contributed by atoms with E-state index in [-0.39, 0.29) is 5.82 Å². The summed E-state index contributed by atoms with van der Waals surface area (Å²) >= 11 is 0. The molecule has 2 N–H and O–H groups in total. The molecule has 2 aromatic heterocycles. The fraction of sp³-hybridized carbons (Fsp3) is 0.316. The Labute approximate surface area is 156 Å². The lowest BCUT2D eigenvalue weighted by atomic mass is 10.1. The molecule has 0 amide bonds. The summed E-state index contributed by atoms with van der Waals surface area (Å²) in [5.74, 6) is 1.50. The lowest BCUT2D eigenvalue weighted by Gasteiger charge is -2.21. The minimum atomic E-state index is -0.337. The lowest BCUT2D eigenvalue weighted by molar-refractivity contribution is 0.422. The Kier molecular flexibility index (Phi) is 5.24. The molecule has 0 atom stereocenters. The molecule has 27 heavy (non-hydrogen) atoms. The number of hydrogen-bond acceptors (Lipinski definition) is 7. The van der Waals surface area contributed by atoms with E-state index in [1.807, 2.05) is 6.07 Å². The molecule has 0 aliphatic carbocycles. The predicted molar refractivity (Wildman–Crippen MR) is 101 cm³/mol. The van der Waals surface area contributed by atoms with E-state index >= 15 is 0 Å². The van der Waals surface area contributed by atoms with Gasteiger partial charge < -0.3 is 20.1 Å². The number of rotatable bonds is 5. The molecule has 0 bridgehead atoms. The molecule has 1 aliphatic heterocycles.